The van der Waals surface area contributed by atoms with Crippen molar-refractivity contribution in [3.63, 3.8) is 0 Å². The second-order valence-electron chi connectivity index (χ2n) is 5.53. The van der Waals surface area contributed by atoms with Gasteiger partial charge in [-0.1, -0.05) is 13.0 Å². The van der Waals surface area contributed by atoms with Crippen molar-refractivity contribution in [1.82, 2.24) is 19.7 Å². The van der Waals surface area contributed by atoms with Crippen molar-refractivity contribution in [2.45, 2.75) is 17.6 Å². The Bertz CT molecular complexity index is 976. The Hall–Kier alpha value is -2.56. The van der Waals surface area contributed by atoms with Crippen LogP contribution >= 0.6 is 11.3 Å². The van der Waals surface area contributed by atoms with E-state index in [2.05, 4.69) is 30.3 Å². The summed E-state index contributed by atoms with van der Waals surface area (Å²) in [5, 5.41) is 6.15. The molecule has 0 spiro atoms. The maximum atomic E-state index is 12.3. The number of nitrogens with zero attached hydrogens (tertiary/aromatic N) is 3. The number of sulfonamides is 1. The van der Waals surface area contributed by atoms with Crippen molar-refractivity contribution in [3.8, 4) is 0 Å². The van der Waals surface area contributed by atoms with E-state index in [4.69, 9.17) is 0 Å². The molecule has 3 N–H and O–H groups in total. The highest BCUT2D eigenvalue weighted by Gasteiger charge is 2.15. The van der Waals surface area contributed by atoms with Gasteiger partial charge in [0.2, 0.25) is 10.0 Å². The highest BCUT2D eigenvalue weighted by Crippen LogP contribution is 2.21. The van der Waals surface area contributed by atoms with Crippen molar-refractivity contribution in [2.24, 2.45) is 0 Å². The zero-order valence-electron chi connectivity index (χ0n) is 14.7. The van der Waals surface area contributed by atoms with Crippen LogP contribution in [0.2, 0.25) is 0 Å². The van der Waals surface area contributed by atoms with Gasteiger partial charge in [-0.15, -0.1) is 11.3 Å². The summed E-state index contributed by atoms with van der Waals surface area (Å²) in [7, 11) is -3.48. The number of anilines is 3. The van der Waals surface area contributed by atoms with E-state index in [1.54, 1.807) is 18.3 Å². The van der Waals surface area contributed by atoms with Gasteiger partial charge in [0.05, 0.1) is 0 Å². The number of hydrogen-bond acceptors (Lipinski definition) is 8. The van der Waals surface area contributed by atoms with E-state index >= 15 is 0 Å². The average Bonchev–Trinajstić information content (AvgIpc) is 3.17. The molecule has 0 saturated carbocycles. The van der Waals surface area contributed by atoms with Gasteiger partial charge in [-0.25, -0.2) is 28.1 Å². The number of aromatic nitrogens is 3. The summed E-state index contributed by atoms with van der Waals surface area (Å²) in [6.45, 7) is 2.64. The van der Waals surface area contributed by atoms with Crippen LogP contribution in [0.4, 0.5) is 17.5 Å². The fourth-order valence-corrected chi connectivity index (χ4v) is 4.60. The molecule has 0 fully saturated rings. The van der Waals surface area contributed by atoms with Crippen LogP contribution in [-0.2, 0) is 16.4 Å². The molecule has 0 amide bonds. The summed E-state index contributed by atoms with van der Waals surface area (Å²) in [5.74, 6) is 1.86. The lowest BCUT2D eigenvalue weighted by atomic mass is 10.4. The Balaban J connectivity index is 1.51. The molecule has 8 nitrogen and oxygen atoms in total. The molecule has 0 saturated heterocycles. The van der Waals surface area contributed by atoms with Crippen LogP contribution < -0.4 is 15.4 Å². The minimum Gasteiger partial charge on any atom is -0.369 e. The van der Waals surface area contributed by atoms with Gasteiger partial charge in [0, 0.05) is 30.2 Å². The summed E-state index contributed by atoms with van der Waals surface area (Å²) in [5.41, 5.74) is 0. The minimum atomic E-state index is -3.48. The van der Waals surface area contributed by atoms with Crippen molar-refractivity contribution in [2.75, 3.05) is 23.7 Å². The molecule has 0 aromatic carbocycles. The molecule has 27 heavy (non-hydrogen) atoms. The van der Waals surface area contributed by atoms with Gasteiger partial charge >= 0.3 is 0 Å². The molecule has 3 rings (SSSR count). The summed E-state index contributed by atoms with van der Waals surface area (Å²) >= 11 is 1.29. The Morgan fingerprint density at radius 2 is 1.85 bits per heavy atom. The molecular formula is C17H20N6O2S2. The Labute approximate surface area is 162 Å². The largest absolute Gasteiger partial charge is 0.369 e. The minimum absolute atomic E-state index is 0.245. The smallest absolute Gasteiger partial charge is 0.250 e. The van der Waals surface area contributed by atoms with Crippen molar-refractivity contribution in [1.29, 1.82) is 0 Å². The predicted octanol–water partition coefficient (Wildman–Crippen LogP) is 2.63. The van der Waals surface area contributed by atoms with Crippen molar-refractivity contribution >= 4 is 38.8 Å². The Morgan fingerprint density at radius 1 is 1.00 bits per heavy atom. The van der Waals surface area contributed by atoms with E-state index in [1.807, 2.05) is 31.2 Å². The maximum Gasteiger partial charge on any atom is 0.250 e. The second kappa shape index (κ2) is 8.89. The van der Waals surface area contributed by atoms with Gasteiger partial charge in [0.1, 0.15) is 28.0 Å². The predicted molar refractivity (Wildman–Crippen MR) is 107 cm³/mol. The zero-order valence-corrected chi connectivity index (χ0v) is 16.3. The van der Waals surface area contributed by atoms with E-state index in [-0.39, 0.29) is 6.54 Å². The number of thiophene rings is 1. The number of aryl methyl sites for hydroxylation is 1. The van der Waals surface area contributed by atoms with E-state index in [0.29, 0.717) is 28.2 Å². The lowest BCUT2D eigenvalue weighted by Gasteiger charge is -2.09. The summed E-state index contributed by atoms with van der Waals surface area (Å²) < 4.78 is 27.4. The number of hydrogen-bond donors (Lipinski definition) is 3. The summed E-state index contributed by atoms with van der Waals surface area (Å²) in [6, 6.07) is 10.7. The SMILES string of the molecule is CCc1ccc(S(=O)(=O)NCCNc2cc(Nc3ccccn3)ncn2)s1. The van der Waals surface area contributed by atoms with Gasteiger partial charge in [-0.05, 0) is 30.7 Å². The molecule has 3 aromatic heterocycles. The van der Waals surface area contributed by atoms with Gasteiger partial charge < -0.3 is 10.6 Å². The van der Waals surface area contributed by atoms with Gasteiger partial charge in [-0.2, -0.15) is 0 Å². The first-order valence-electron chi connectivity index (χ1n) is 8.39. The quantitative estimate of drug-likeness (QED) is 0.470. The standard InChI is InChI=1S/C17H20N6O2S2/c1-2-13-6-7-17(26-13)27(24,25)22-10-9-19-15-11-16(21-12-20-15)23-14-5-3-4-8-18-14/h3-8,11-12,22H,2,9-10H2,1H3,(H2,18,19,20,21,23). The van der Waals surface area contributed by atoms with Crippen LogP contribution in [0.3, 0.4) is 0 Å². The van der Waals surface area contributed by atoms with Crippen LogP contribution in [-0.4, -0.2) is 36.5 Å². The lowest BCUT2D eigenvalue weighted by molar-refractivity contribution is 0.585. The first-order valence-corrected chi connectivity index (χ1v) is 10.7. The number of pyridine rings is 1. The third-order valence-electron chi connectivity index (χ3n) is 3.56. The first-order chi connectivity index (χ1) is 13.1. The van der Waals surface area contributed by atoms with Crippen LogP contribution in [0.1, 0.15) is 11.8 Å². The van der Waals surface area contributed by atoms with E-state index in [1.165, 1.54) is 17.7 Å². The van der Waals surface area contributed by atoms with Crippen LogP contribution in [0.25, 0.3) is 0 Å². The highest BCUT2D eigenvalue weighted by molar-refractivity contribution is 7.91. The normalized spacial score (nSPS) is 11.3. The van der Waals surface area contributed by atoms with E-state index in [0.717, 1.165) is 11.3 Å². The van der Waals surface area contributed by atoms with Gasteiger partial charge in [0.25, 0.3) is 0 Å². The molecule has 0 aliphatic carbocycles. The summed E-state index contributed by atoms with van der Waals surface area (Å²) in [4.78, 5) is 13.5. The van der Waals surface area contributed by atoms with E-state index in [9.17, 15) is 8.42 Å². The molecular weight excluding hydrogens is 384 g/mol. The molecule has 10 heteroatoms. The third kappa shape index (κ3) is 5.46. The van der Waals surface area contributed by atoms with E-state index < -0.39 is 10.0 Å². The molecule has 0 unspecified atom stereocenters. The Morgan fingerprint density at radius 3 is 2.59 bits per heavy atom. The zero-order chi connectivity index (χ0) is 19.1. The molecule has 3 aromatic rings. The van der Waals surface area contributed by atoms with Crippen LogP contribution in [0.5, 0.6) is 0 Å². The Kier molecular flexibility index (Phi) is 6.32. The maximum absolute atomic E-state index is 12.3. The molecule has 0 radical (unpaired) electrons. The average molecular weight is 405 g/mol. The number of nitrogens with one attached hydrogen (secondary N) is 3. The first kappa shape index (κ1) is 19.2. The summed E-state index contributed by atoms with van der Waals surface area (Å²) in [6.07, 6.45) is 3.94. The fraction of sp³-hybridized carbons (Fsp3) is 0.235. The fourth-order valence-electron chi connectivity index (χ4n) is 2.23. The number of rotatable bonds is 9. The van der Waals surface area contributed by atoms with Crippen molar-refractivity contribution < 1.29 is 8.42 Å². The van der Waals surface area contributed by atoms with Crippen LogP contribution in [0, 0.1) is 0 Å². The molecule has 0 bridgehead atoms. The highest BCUT2D eigenvalue weighted by atomic mass is 32.2. The second-order valence-corrected chi connectivity index (χ2v) is 8.69. The lowest BCUT2D eigenvalue weighted by Crippen LogP contribution is -2.28. The monoisotopic (exact) mass is 404 g/mol. The molecule has 3 heterocycles. The molecule has 0 aliphatic heterocycles. The molecule has 142 valence electrons. The van der Waals surface area contributed by atoms with Gasteiger partial charge in [-0.3, -0.25) is 0 Å². The topological polar surface area (TPSA) is 109 Å². The van der Waals surface area contributed by atoms with Crippen molar-refractivity contribution in [3.05, 3.63) is 53.8 Å². The molecule has 0 atom stereocenters. The third-order valence-corrected chi connectivity index (χ3v) is 6.74. The van der Waals surface area contributed by atoms with Crippen LogP contribution in [0.15, 0.2) is 53.1 Å². The molecule has 0 aliphatic rings. The van der Waals surface area contributed by atoms with Gasteiger partial charge in [0.15, 0.2) is 0 Å².